The molecule has 3 aromatic carbocycles. The van der Waals surface area contributed by atoms with Crippen LogP contribution in [0.4, 0.5) is 5.69 Å². The minimum Gasteiger partial charge on any atom is -0.465 e. The Morgan fingerprint density at radius 2 is 1.61 bits per heavy atom. The second-order valence-electron chi connectivity index (χ2n) is 6.27. The molecule has 0 saturated heterocycles. The predicted molar refractivity (Wildman–Crippen MR) is 113 cm³/mol. The maximum Gasteiger partial charge on any atom is 0.337 e. The summed E-state index contributed by atoms with van der Waals surface area (Å²) < 4.78 is 4.74. The van der Waals surface area contributed by atoms with E-state index in [1.54, 1.807) is 30.0 Å². The molecule has 3 rings (SSSR count). The molecular weight excluding hydrogens is 370 g/mol. The molecule has 1 N–H and O–H groups in total. The SMILES string of the molecule is COC(=O)c1ccc(C)c(NC(=O)c2ccc(CSc3ccccc3)cc2)c1. The van der Waals surface area contributed by atoms with Gasteiger partial charge in [-0.05, 0) is 54.4 Å². The van der Waals surface area contributed by atoms with Gasteiger partial charge in [0.2, 0.25) is 0 Å². The number of carbonyl (C=O) groups excluding carboxylic acids is 2. The quantitative estimate of drug-likeness (QED) is 0.456. The van der Waals surface area contributed by atoms with Gasteiger partial charge in [-0.3, -0.25) is 4.79 Å². The van der Waals surface area contributed by atoms with Crippen molar-refractivity contribution in [3.8, 4) is 0 Å². The highest BCUT2D eigenvalue weighted by atomic mass is 32.2. The van der Waals surface area contributed by atoms with Crippen LogP contribution in [0.2, 0.25) is 0 Å². The summed E-state index contributed by atoms with van der Waals surface area (Å²) >= 11 is 1.75. The van der Waals surface area contributed by atoms with Crippen molar-refractivity contribution in [2.45, 2.75) is 17.6 Å². The van der Waals surface area contributed by atoms with Crippen LogP contribution < -0.4 is 5.32 Å². The van der Waals surface area contributed by atoms with E-state index < -0.39 is 5.97 Å². The van der Waals surface area contributed by atoms with Crippen LogP contribution in [0, 0.1) is 6.92 Å². The van der Waals surface area contributed by atoms with Crippen LogP contribution in [0.15, 0.2) is 77.7 Å². The molecule has 0 fully saturated rings. The molecule has 0 aliphatic rings. The molecule has 1 amide bonds. The lowest BCUT2D eigenvalue weighted by Crippen LogP contribution is -2.13. The smallest absolute Gasteiger partial charge is 0.337 e. The van der Waals surface area contributed by atoms with Gasteiger partial charge in [0.15, 0.2) is 0 Å². The second kappa shape index (κ2) is 9.24. The highest BCUT2D eigenvalue weighted by Gasteiger charge is 2.11. The third-order valence-electron chi connectivity index (χ3n) is 4.27. The van der Waals surface area contributed by atoms with Gasteiger partial charge in [-0.25, -0.2) is 4.79 Å². The summed E-state index contributed by atoms with van der Waals surface area (Å²) in [6.07, 6.45) is 0. The second-order valence-corrected chi connectivity index (χ2v) is 7.32. The first-order chi connectivity index (χ1) is 13.6. The van der Waals surface area contributed by atoms with E-state index >= 15 is 0 Å². The number of hydrogen-bond acceptors (Lipinski definition) is 4. The van der Waals surface area contributed by atoms with E-state index in [-0.39, 0.29) is 5.91 Å². The maximum atomic E-state index is 12.6. The summed E-state index contributed by atoms with van der Waals surface area (Å²) in [5.41, 5.74) is 3.58. The van der Waals surface area contributed by atoms with Crippen LogP contribution in [0.5, 0.6) is 0 Å². The summed E-state index contributed by atoms with van der Waals surface area (Å²) in [6.45, 7) is 1.88. The van der Waals surface area contributed by atoms with Crippen molar-refractivity contribution in [2.24, 2.45) is 0 Å². The Kier molecular flexibility index (Phi) is 6.50. The zero-order chi connectivity index (χ0) is 19.9. The number of esters is 1. The van der Waals surface area contributed by atoms with Gasteiger partial charge in [0.05, 0.1) is 12.7 Å². The fraction of sp³-hybridized carbons (Fsp3) is 0.130. The molecule has 0 atom stereocenters. The average Bonchev–Trinajstić information content (AvgIpc) is 2.74. The van der Waals surface area contributed by atoms with Gasteiger partial charge in [-0.1, -0.05) is 36.4 Å². The third kappa shape index (κ3) is 5.02. The van der Waals surface area contributed by atoms with E-state index in [0.29, 0.717) is 16.8 Å². The Morgan fingerprint density at radius 3 is 2.29 bits per heavy atom. The lowest BCUT2D eigenvalue weighted by Gasteiger charge is -2.10. The molecule has 4 nitrogen and oxygen atoms in total. The van der Waals surface area contributed by atoms with Crippen molar-refractivity contribution in [1.29, 1.82) is 0 Å². The molecule has 0 bridgehead atoms. The predicted octanol–water partition coefficient (Wildman–Crippen LogP) is 5.33. The summed E-state index contributed by atoms with van der Waals surface area (Å²) in [7, 11) is 1.33. The Balaban J connectivity index is 1.65. The topological polar surface area (TPSA) is 55.4 Å². The van der Waals surface area contributed by atoms with E-state index in [9.17, 15) is 9.59 Å². The number of aryl methyl sites for hydroxylation is 1. The number of rotatable bonds is 6. The molecule has 0 aliphatic carbocycles. The van der Waals surface area contributed by atoms with Gasteiger partial charge < -0.3 is 10.1 Å². The first-order valence-corrected chi connectivity index (χ1v) is 9.82. The van der Waals surface area contributed by atoms with Crippen LogP contribution in [0.3, 0.4) is 0 Å². The summed E-state index contributed by atoms with van der Waals surface area (Å²) in [4.78, 5) is 25.5. The number of anilines is 1. The van der Waals surface area contributed by atoms with Crippen LogP contribution >= 0.6 is 11.8 Å². The molecule has 0 aliphatic heterocycles. The van der Waals surface area contributed by atoms with Crippen molar-refractivity contribution in [3.05, 3.63) is 95.1 Å². The zero-order valence-corrected chi connectivity index (χ0v) is 16.6. The normalized spacial score (nSPS) is 10.4. The van der Waals surface area contributed by atoms with E-state index in [0.717, 1.165) is 16.9 Å². The van der Waals surface area contributed by atoms with Crippen molar-refractivity contribution in [1.82, 2.24) is 0 Å². The fourth-order valence-corrected chi connectivity index (χ4v) is 3.51. The number of nitrogens with one attached hydrogen (secondary N) is 1. The number of methoxy groups -OCH3 is 1. The number of ether oxygens (including phenoxy) is 1. The molecule has 142 valence electrons. The molecule has 0 heterocycles. The number of benzene rings is 3. The maximum absolute atomic E-state index is 12.6. The molecule has 0 radical (unpaired) electrons. The summed E-state index contributed by atoms with van der Waals surface area (Å²) in [5, 5.41) is 2.87. The number of hydrogen-bond donors (Lipinski definition) is 1. The van der Waals surface area contributed by atoms with E-state index in [1.807, 2.05) is 49.4 Å². The summed E-state index contributed by atoms with van der Waals surface area (Å²) in [6, 6.07) is 22.8. The first kappa shape index (κ1) is 19.7. The van der Waals surface area contributed by atoms with Crippen molar-refractivity contribution < 1.29 is 14.3 Å². The molecule has 3 aromatic rings. The highest BCUT2D eigenvalue weighted by molar-refractivity contribution is 7.98. The van der Waals surface area contributed by atoms with Gasteiger partial charge in [-0.2, -0.15) is 0 Å². The number of amides is 1. The first-order valence-electron chi connectivity index (χ1n) is 8.84. The fourth-order valence-electron chi connectivity index (χ4n) is 2.63. The Morgan fingerprint density at radius 1 is 0.929 bits per heavy atom. The largest absolute Gasteiger partial charge is 0.465 e. The molecule has 5 heteroatoms. The van der Waals surface area contributed by atoms with Crippen molar-refractivity contribution >= 4 is 29.3 Å². The van der Waals surface area contributed by atoms with Crippen molar-refractivity contribution in [3.63, 3.8) is 0 Å². The third-order valence-corrected chi connectivity index (χ3v) is 5.35. The van der Waals surface area contributed by atoms with Gasteiger partial charge in [0, 0.05) is 21.9 Å². The van der Waals surface area contributed by atoms with Crippen LogP contribution in [0.25, 0.3) is 0 Å². The highest BCUT2D eigenvalue weighted by Crippen LogP contribution is 2.23. The lowest BCUT2D eigenvalue weighted by atomic mass is 10.1. The van der Waals surface area contributed by atoms with Crippen LogP contribution in [-0.4, -0.2) is 19.0 Å². The standard InChI is InChI=1S/C23H21NO3S/c1-16-8-11-19(23(26)27-2)14-21(16)24-22(25)18-12-9-17(10-13-18)15-28-20-6-4-3-5-7-20/h3-14H,15H2,1-2H3,(H,24,25). The van der Waals surface area contributed by atoms with Gasteiger partial charge in [0.1, 0.15) is 0 Å². The summed E-state index contributed by atoms with van der Waals surface area (Å²) in [5.74, 6) is 0.190. The number of carbonyl (C=O) groups is 2. The monoisotopic (exact) mass is 391 g/mol. The zero-order valence-electron chi connectivity index (χ0n) is 15.8. The Labute approximate surface area is 168 Å². The molecule has 0 saturated carbocycles. The molecule has 0 spiro atoms. The minimum absolute atomic E-state index is 0.215. The minimum atomic E-state index is -0.434. The van der Waals surface area contributed by atoms with E-state index in [1.165, 1.54) is 12.0 Å². The average molecular weight is 391 g/mol. The van der Waals surface area contributed by atoms with Crippen LogP contribution in [-0.2, 0) is 10.5 Å². The molecule has 28 heavy (non-hydrogen) atoms. The lowest BCUT2D eigenvalue weighted by molar-refractivity contribution is 0.0600. The van der Waals surface area contributed by atoms with E-state index in [4.69, 9.17) is 4.74 Å². The van der Waals surface area contributed by atoms with Crippen molar-refractivity contribution in [2.75, 3.05) is 12.4 Å². The molecule has 0 unspecified atom stereocenters. The van der Waals surface area contributed by atoms with E-state index in [2.05, 4.69) is 17.4 Å². The molecule has 0 aromatic heterocycles. The Hall–Kier alpha value is -3.05. The van der Waals surface area contributed by atoms with Gasteiger partial charge in [0.25, 0.3) is 5.91 Å². The van der Waals surface area contributed by atoms with Gasteiger partial charge in [-0.15, -0.1) is 11.8 Å². The van der Waals surface area contributed by atoms with Crippen LogP contribution in [0.1, 0.15) is 31.8 Å². The molecular formula is C23H21NO3S. The van der Waals surface area contributed by atoms with Gasteiger partial charge >= 0.3 is 5.97 Å². The Bertz CT molecular complexity index is 969. The number of thioether (sulfide) groups is 1.